The lowest BCUT2D eigenvalue weighted by Gasteiger charge is -2.18. The van der Waals surface area contributed by atoms with Gasteiger partial charge in [-0.25, -0.2) is 4.98 Å². The van der Waals surface area contributed by atoms with Crippen molar-refractivity contribution < 1.29 is 9.53 Å². The zero-order valence-corrected chi connectivity index (χ0v) is 14.3. The number of amides is 1. The Morgan fingerprint density at radius 2 is 2.29 bits per heavy atom. The highest BCUT2D eigenvalue weighted by Crippen LogP contribution is 2.22. The number of nitrogen functional groups attached to an aromatic ring is 1. The summed E-state index contributed by atoms with van der Waals surface area (Å²) in [5, 5.41) is 5.53. The number of ether oxygens (including phenoxy) is 1. The number of thiazole rings is 1. The molecule has 2 heterocycles. The van der Waals surface area contributed by atoms with Crippen LogP contribution < -0.4 is 15.8 Å². The Kier molecular flexibility index (Phi) is 5.66. The van der Waals surface area contributed by atoms with Gasteiger partial charge in [-0.1, -0.05) is 18.2 Å². The number of nitrogens with zero attached hydrogens (tertiary/aromatic N) is 2. The highest BCUT2D eigenvalue weighted by atomic mass is 32.1. The van der Waals surface area contributed by atoms with Crippen molar-refractivity contribution in [1.82, 2.24) is 15.2 Å². The zero-order valence-electron chi connectivity index (χ0n) is 13.5. The highest BCUT2D eigenvalue weighted by Gasteiger charge is 2.17. The number of aromatic nitrogens is 1. The SMILES string of the molecule is Nc1nc(CCCNC(=O)CN2CCOc3ccccc3C2)cs1. The fourth-order valence-corrected chi connectivity index (χ4v) is 3.31. The van der Waals surface area contributed by atoms with Crippen LogP contribution in [0, 0.1) is 0 Å². The third-order valence-electron chi connectivity index (χ3n) is 3.90. The van der Waals surface area contributed by atoms with Crippen LogP contribution >= 0.6 is 11.3 Å². The van der Waals surface area contributed by atoms with E-state index in [0.29, 0.717) is 24.8 Å². The summed E-state index contributed by atoms with van der Waals surface area (Å²) in [6, 6.07) is 7.99. The molecule has 1 aliphatic rings. The molecule has 7 heteroatoms. The lowest BCUT2D eigenvalue weighted by atomic mass is 10.2. The van der Waals surface area contributed by atoms with Crippen molar-refractivity contribution in [3.63, 3.8) is 0 Å². The third kappa shape index (κ3) is 4.69. The van der Waals surface area contributed by atoms with Crippen molar-refractivity contribution in [2.75, 3.05) is 32.0 Å². The molecule has 0 fully saturated rings. The molecule has 0 unspecified atom stereocenters. The van der Waals surface area contributed by atoms with E-state index in [0.717, 1.165) is 42.9 Å². The van der Waals surface area contributed by atoms with Gasteiger partial charge in [-0.2, -0.15) is 0 Å². The second-order valence-electron chi connectivity index (χ2n) is 5.80. The minimum atomic E-state index is 0.0483. The molecule has 0 saturated heterocycles. The molecule has 0 bridgehead atoms. The fourth-order valence-electron chi connectivity index (χ4n) is 2.71. The molecule has 1 aromatic carbocycles. The minimum Gasteiger partial charge on any atom is -0.492 e. The summed E-state index contributed by atoms with van der Waals surface area (Å²) in [6.07, 6.45) is 1.69. The van der Waals surface area contributed by atoms with Crippen molar-refractivity contribution in [1.29, 1.82) is 0 Å². The van der Waals surface area contributed by atoms with E-state index < -0.39 is 0 Å². The van der Waals surface area contributed by atoms with Gasteiger partial charge in [-0.05, 0) is 18.9 Å². The molecule has 3 rings (SSSR count). The summed E-state index contributed by atoms with van der Waals surface area (Å²) in [5.74, 6) is 0.968. The van der Waals surface area contributed by atoms with Crippen LogP contribution in [0.5, 0.6) is 5.75 Å². The molecule has 3 N–H and O–H groups in total. The van der Waals surface area contributed by atoms with E-state index in [2.05, 4.69) is 15.2 Å². The molecule has 128 valence electrons. The minimum absolute atomic E-state index is 0.0483. The van der Waals surface area contributed by atoms with Crippen molar-refractivity contribution in [2.45, 2.75) is 19.4 Å². The van der Waals surface area contributed by atoms with Crippen LogP contribution in [0.1, 0.15) is 17.7 Å². The van der Waals surface area contributed by atoms with Gasteiger partial charge >= 0.3 is 0 Å². The van der Waals surface area contributed by atoms with Crippen molar-refractivity contribution in [3.8, 4) is 5.75 Å². The Labute approximate surface area is 145 Å². The number of aryl methyl sites for hydroxylation is 1. The van der Waals surface area contributed by atoms with E-state index in [1.54, 1.807) is 0 Å². The lowest BCUT2D eigenvalue weighted by molar-refractivity contribution is -0.122. The maximum absolute atomic E-state index is 12.1. The maximum Gasteiger partial charge on any atom is 0.234 e. The molecule has 0 atom stereocenters. The quantitative estimate of drug-likeness (QED) is 0.778. The number of benzene rings is 1. The third-order valence-corrected chi connectivity index (χ3v) is 4.62. The molecule has 0 radical (unpaired) electrons. The maximum atomic E-state index is 12.1. The van der Waals surface area contributed by atoms with Gasteiger partial charge in [0, 0.05) is 30.6 Å². The molecule has 1 aliphatic heterocycles. The average molecular weight is 346 g/mol. The molecule has 1 amide bonds. The Morgan fingerprint density at radius 3 is 3.12 bits per heavy atom. The van der Waals surface area contributed by atoms with Crippen molar-refractivity contribution in [3.05, 3.63) is 40.9 Å². The van der Waals surface area contributed by atoms with Gasteiger partial charge in [0.05, 0.1) is 12.2 Å². The molecule has 24 heavy (non-hydrogen) atoms. The van der Waals surface area contributed by atoms with Crippen LogP contribution in [0.3, 0.4) is 0 Å². The molecule has 0 spiro atoms. The first-order chi connectivity index (χ1) is 11.7. The number of rotatable bonds is 6. The van der Waals surface area contributed by atoms with Crippen molar-refractivity contribution in [2.24, 2.45) is 0 Å². The Hall–Kier alpha value is -2.12. The second kappa shape index (κ2) is 8.12. The number of nitrogens with two attached hydrogens (primary N) is 1. The van der Waals surface area contributed by atoms with Gasteiger partial charge in [-0.15, -0.1) is 11.3 Å². The zero-order chi connectivity index (χ0) is 16.8. The summed E-state index contributed by atoms with van der Waals surface area (Å²) in [4.78, 5) is 18.5. The van der Waals surface area contributed by atoms with Crippen LogP contribution in [0.15, 0.2) is 29.6 Å². The van der Waals surface area contributed by atoms with Gasteiger partial charge in [0.2, 0.25) is 5.91 Å². The summed E-state index contributed by atoms with van der Waals surface area (Å²) >= 11 is 1.45. The normalized spacial score (nSPS) is 14.5. The number of para-hydroxylation sites is 1. The summed E-state index contributed by atoms with van der Waals surface area (Å²) in [5.41, 5.74) is 7.73. The number of fused-ring (bicyclic) bond motifs is 1. The molecular formula is C17H22N4O2S. The predicted molar refractivity (Wildman–Crippen MR) is 95.1 cm³/mol. The fraction of sp³-hybridized carbons (Fsp3) is 0.412. The Balaban J connectivity index is 1.40. The van der Waals surface area contributed by atoms with E-state index in [1.165, 1.54) is 11.3 Å². The first-order valence-electron chi connectivity index (χ1n) is 8.10. The number of anilines is 1. The molecule has 0 saturated carbocycles. The first kappa shape index (κ1) is 16.7. The van der Waals surface area contributed by atoms with E-state index in [1.807, 2.05) is 29.6 Å². The smallest absolute Gasteiger partial charge is 0.234 e. The number of hydrogen-bond acceptors (Lipinski definition) is 6. The van der Waals surface area contributed by atoms with Gasteiger partial charge in [0.15, 0.2) is 5.13 Å². The number of carbonyl (C=O) groups excluding carboxylic acids is 1. The average Bonchev–Trinajstić information content (AvgIpc) is 2.87. The Morgan fingerprint density at radius 1 is 1.42 bits per heavy atom. The van der Waals surface area contributed by atoms with E-state index >= 15 is 0 Å². The van der Waals surface area contributed by atoms with Crippen LogP contribution in [-0.2, 0) is 17.8 Å². The predicted octanol–water partition coefficient (Wildman–Crippen LogP) is 1.67. The largest absolute Gasteiger partial charge is 0.492 e. The molecule has 2 aromatic rings. The van der Waals surface area contributed by atoms with Crippen LogP contribution in [0.4, 0.5) is 5.13 Å². The van der Waals surface area contributed by atoms with Gasteiger partial charge in [0.1, 0.15) is 12.4 Å². The van der Waals surface area contributed by atoms with Gasteiger partial charge in [0.25, 0.3) is 0 Å². The van der Waals surface area contributed by atoms with E-state index in [-0.39, 0.29) is 5.91 Å². The monoisotopic (exact) mass is 346 g/mol. The Bertz CT molecular complexity index is 689. The molecular weight excluding hydrogens is 324 g/mol. The van der Waals surface area contributed by atoms with Gasteiger partial charge in [-0.3, -0.25) is 9.69 Å². The van der Waals surface area contributed by atoms with Gasteiger partial charge < -0.3 is 15.8 Å². The molecule has 0 aliphatic carbocycles. The van der Waals surface area contributed by atoms with Crippen LogP contribution in [-0.4, -0.2) is 42.0 Å². The van der Waals surface area contributed by atoms with Crippen LogP contribution in [0.2, 0.25) is 0 Å². The number of nitrogens with one attached hydrogen (secondary N) is 1. The summed E-state index contributed by atoms with van der Waals surface area (Å²) in [7, 11) is 0. The highest BCUT2D eigenvalue weighted by molar-refractivity contribution is 7.13. The van der Waals surface area contributed by atoms with E-state index in [9.17, 15) is 4.79 Å². The van der Waals surface area contributed by atoms with Crippen molar-refractivity contribution >= 4 is 22.4 Å². The van der Waals surface area contributed by atoms with Crippen LogP contribution in [0.25, 0.3) is 0 Å². The first-order valence-corrected chi connectivity index (χ1v) is 8.98. The summed E-state index contributed by atoms with van der Waals surface area (Å²) in [6.45, 7) is 3.13. The summed E-state index contributed by atoms with van der Waals surface area (Å²) < 4.78 is 5.72. The topological polar surface area (TPSA) is 80.5 Å². The standard InChI is InChI=1S/C17H22N4O2S/c18-17-20-14(12-24-17)5-3-7-19-16(22)11-21-8-9-23-15-6-2-1-4-13(15)10-21/h1-2,4,6,12H,3,5,7-11H2,(H2,18,20)(H,19,22). The second-order valence-corrected chi connectivity index (χ2v) is 6.69. The number of hydrogen-bond donors (Lipinski definition) is 2. The molecule has 1 aromatic heterocycles. The number of carbonyl (C=O) groups is 1. The van der Waals surface area contributed by atoms with E-state index in [4.69, 9.17) is 10.5 Å². The lowest BCUT2D eigenvalue weighted by Crippen LogP contribution is -2.38. The molecule has 6 nitrogen and oxygen atoms in total.